The number of amides is 1. The lowest BCUT2D eigenvalue weighted by Gasteiger charge is -2.38. The highest BCUT2D eigenvalue weighted by Crippen LogP contribution is 2.32. The number of nitrogens with one attached hydrogen (secondary N) is 1. The third-order valence-electron chi connectivity index (χ3n) is 3.43. The molecule has 1 saturated carbocycles. The zero-order valence-corrected chi connectivity index (χ0v) is 11.8. The van der Waals surface area contributed by atoms with Crippen molar-refractivity contribution < 1.29 is 4.79 Å². The molecule has 4 heteroatoms. The van der Waals surface area contributed by atoms with Crippen molar-refractivity contribution in [1.29, 1.82) is 0 Å². The molecule has 1 aliphatic rings. The van der Waals surface area contributed by atoms with Gasteiger partial charge in [-0.2, -0.15) is 11.8 Å². The molecule has 1 rings (SSSR count). The molecule has 1 aliphatic carbocycles. The van der Waals surface area contributed by atoms with Gasteiger partial charge in [-0.25, -0.2) is 0 Å². The summed E-state index contributed by atoms with van der Waals surface area (Å²) in [6.07, 6.45) is 7.04. The first-order valence-electron chi connectivity index (χ1n) is 5.98. The molecule has 0 atom stereocenters. The first kappa shape index (κ1) is 14.2. The number of carbonyl (C=O) groups is 1. The van der Waals surface area contributed by atoms with E-state index in [9.17, 15) is 4.79 Å². The molecule has 0 heterocycles. The number of halogens is 1. The van der Waals surface area contributed by atoms with Gasteiger partial charge in [0.25, 0.3) is 0 Å². The van der Waals surface area contributed by atoms with Crippen molar-refractivity contribution in [3.8, 4) is 0 Å². The SMILES string of the molecule is CSCCC(=O)NC1(CCl)CCC(C)CC1. The van der Waals surface area contributed by atoms with Crippen LogP contribution < -0.4 is 5.32 Å². The van der Waals surface area contributed by atoms with Gasteiger partial charge in [-0.05, 0) is 37.9 Å². The fraction of sp³-hybridized carbons (Fsp3) is 0.917. The van der Waals surface area contributed by atoms with E-state index in [1.165, 1.54) is 12.8 Å². The molecular formula is C12H22ClNOS. The molecule has 0 aromatic rings. The van der Waals surface area contributed by atoms with Crippen molar-refractivity contribution in [2.45, 2.75) is 44.6 Å². The number of alkyl halides is 1. The minimum absolute atomic E-state index is 0.121. The van der Waals surface area contributed by atoms with Crippen LogP contribution in [0.1, 0.15) is 39.0 Å². The van der Waals surface area contributed by atoms with Gasteiger partial charge in [0.15, 0.2) is 0 Å². The van der Waals surface area contributed by atoms with E-state index in [1.807, 2.05) is 6.26 Å². The average Bonchev–Trinajstić information content (AvgIpc) is 2.30. The number of rotatable bonds is 5. The molecule has 0 unspecified atom stereocenters. The Kier molecular flexibility index (Phi) is 5.98. The van der Waals surface area contributed by atoms with Crippen LogP contribution in [0.15, 0.2) is 0 Å². The lowest BCUT2D eigenvalue weighted by atomic mass is 9.78. The van der Waals surface area contributed by atoms with E-state index in [0.717, 1.165) is 24.5 Å². The second kappa shape index (κ2) is 6.75. The van der Waals surface area contributed by atoms with Crippen molar-refractivity contribution in [1.82, 2.24) is 5.32 Å². The Balaban J connectivity index is 2.44. The van der Waals surface area contributed by atoms with Gasteiger partial charge in [0.2, 0.25) is 5.91 Å². The zero-order chi connectivity index (χ0) is 12.0. The second-order valence-corrected chi connectivity index (χ2v) is 6.14. The predicted octanol–water partition coefficient (Wildman–Crippen LogP) is 3.04. The summed E-state index contributed by atoms with van der Waals surface area (Å²) in [6.45, 7) is 2.27. The summed E-state index contributed by atoms with van der Waals surface area (Å²) in [5.41, 5.74) is -0.121. The molecule has 1 amide bonds. The van der Waals surface area contributed by atoms with E-state index < -0.39 is 0 Å². The maximum Gasteiger partial charge on any atom is 0.221 e. The topological polar surface area (TPSA) is 29.1 Å². The molecule has 0 spiro atoms. The smallest absolute Gasteiger partial charge is 0.221 e. The Bertz CT molecular complexity index is 227. The number of thioether (sulfide) groups is 1. The van der Waals surface area contributed by atoms with Crippen molar-refractivity contribution in [3.63, 3.8) is 0 Å². The molecule has 0 radical (unpaired) electrons. The maximum absolute atomic E-state index is 11.7. The molecule has 0 aromatic heterocycles. The summed E-state index contributed by atoms with van der Waals surface area (Å²) in [6, 6.07) is 0. The van der Waals surface area contributed by atoms with Crippen LogP contribution in [0.25, 0.3) is 0 Å². The maximum atomic E-state index is 11.7. The normalized spacial score (nSPS) is 30.1. The third kappa shape index (κ3) is 4.17. The molecule has 94 valence electrons. The van der Waals surface area contributed by atoms with Crippen molar-refractivity contribution in [2.24, 2.45) is 5.92 Å². The lowest BCUT2D eigenvalue weighted by molar-refractivity contribution is -0.122. The van der Waals surface area contributed by atoms with E-state index >= 15 is 0 Å². The molecule has 0 saturated heterocycles. The van der Waals surface area contributed by atoms with Crippen LogP contribution in [0.5, 0.6) is 0 Å². The molecule has 16 heavy (non-hydrogen) atoms. The fourth-order valence-corrected chi connectivity index (χ4v) is 2.88. The van der Waals surface area contributed by atoms with Gasteiger partial charge >= 0.3 is 0 Å². The van der Waals surface area contributed by atoms with Gasteiger partial charge in [0.1, 0.15) is 0 Å². The van der Waals surface area contributed by atoms with Crippen LogP contribution in [0, 0.1) is 5.92 Å². The number of hydrogen-bond donors (Lipinski definition) is 1. The highest BCUT2D eigenvalue weighted by atomic mass is 35.5. The van der Waals surface area contributed by atoms with Crippen LogP contribution in [-0.4, -0.2) is 29.3 Å². The van der Waals surface area contributed by atoms with Crippen LogP contribution >= 0.6 is 23.4 Å². The summed E-state index contributed by atoms with van der Waals surface area (Å²) in [7, 11) is 0. The Morgan fingerprint density at radius 1 is 1.50 bits per heavy atom. The van der Waals surface area contributed by atoms with Crippen LogP contribution in [0.4, 0.5) is 0 Å². The van der Waals surface area contributed by atoms with Gasteiger partial charge in [-0.3, -0.25) is 4.79 Å². The summed E-state index contributed by atoms with van der Waals surface area (Å²) in [4.78, 5) is 11.7. The van der Waals surface area contributed by atoms with Gasteiger partial charge < -0.3 is 5.32 Å². The van der Waals surface area contributed by atoms with Gasteiger partial charge in [0.05, 0.1) is 5.54 Å². The molecule has 0 aliphatic heterocycles. The number of hydrogen-bond acceptors (Lipinski definition) is 2. The highest BCUT2D eigenvalue weighted by molar-refractivity contribution is 7.98. The molecule has 0 bridgehead atoms. The Hall–Kier alpha value is 0.110. The van der Waals surface area contributed by atoms with Crippen LogP contribution in [0.3, 0.4) is 0 Å². The Labute approximate surface area is 108 Å². The first-order valence-corrected chi connectivity index (χ1v) is 7.90. The van der Waals surface area contributed by atoms with Crippen molar-refractivity contribution in [2.75, 3.05) is 17.9 Å². The summed E-state index contributed by atoms with van der Waals surface area (Å²) in [5, 5.41) is 3.15. The van der Waals surface area contributed by atoms with E-state index in [-0.39, 0.29) is 11.4 Å². The van der Waals surface area contributed by atoms with Gasteiger partial charge in [-0.15, -0.1) is 11.6 Å². The minimum Gasteiger partial charge on any atom is -0.349 e. The second-order valence-electron chi connectivity index (χ2n) is 4.89. The van der Waals surface area contributed by atoms with Gasteiger partial charge in [-0.1, -0.05) is 6.92 Å². The average molecular weight is 264 g/mol. The van der Waals surface area contributed by atoms with Crippen LogP contribution in [-0.2, 0) is 4.79 Å². The number of carbonyl (C=O) groups excluding carboxylic acids is 1. The van der Waals surface area contributed by atoms with E-state index in [1.54, 1.807) is 11.8 Å². The molecule has 0 aromatic carbocycles. The fourth-order valence-electron chi connectivity index (χ4n) is 2.16. The summed E-state index contributed by atoms with van der Waals surface area (Å²) in [5.74, 6) is 2.37. The zero-order valence-electron chi connectivity index (χ0n) is 10.2. The highest BCUT2D eigenvalue weighted by Gasteiger charge is 2.34. The molecular weight excluding hydrogens is 242 g/mol. The third-order valence-corrected chi connectivity index (χ3v) is 4.55. The first-order chi connectivity index (χ1) is 7.62. The monoisotopic (exact) mass is 263 g/mol. The van der Waals surface area contributed by atoms with Crippen molar-refractivity contribution >= 4 is 29.3 Å². The quantitative estimate of drug-likeness (QED) is 0.773. The molecule has 2 nitrogen and oxygen atoms in total. The Morgan fingerprint density at radius 2 is 2.12 bits per heavy atom. The van der Waals surface area contributed by atoms with Crippen molar-refractivity contribution in [3.05, 3.63) is 0 Å². The van der Waals surface area contributed by atoms with E-state index in [4.69, 9.17) is 11.6 Å². The molecule has 1 fully saturated rings. The van der Waals surface area contributed by atoms with E-state index in [2.05, 4.69) is 12.2 Å². The largest absolute Gasteiger partial charge is 0.349 e. The lowest BCUT2D eigenvalue weighted by Crippen LogP contribution is -2.52. The summed E-state index contributed by atoms with van der Waals surface area (Å²) < 4.78 is 0. The van der Waals surface area contributed by atoms with E-state index in [0.29, 0.717) is 12.3 Å². The van der Waals surface area contributed by atoms with Gasteiger partial charge in [0, 0.05) is 18.1 Å². The predicted molar refractivity (Wildman–Crippen MR) is 72.2 cm³/mol. The standard InChI is InChI=1S/C12H22ClNOS/c1-10-3-6-12(9-13,7-4-10)14-11(15)5-8-16-2/h10H,3-9H2,1-2H3,(H,14,15). The summed E-state index contributed by atoms with van der Waals surface area (Å²) >= 11 is 7.75. The molecule has 1 N–H and O–H groups in total. The Morgan fingerprint density at radius 3 is 2.62 bits per heavy atom. The minimum atomic E-state index is -0.121. The van der Waals surface area contributed by atoms with Crippen LogP contribution in [0.2, 0.25) is 0 Å².